The van der Waals surface area contributed by atoms with Crippen molar-refractivity contribution in [1.82, 2.24) is 14.8 Å². The third-order valence-electron chi connectivity index (χ3n) is 6.06. The second-order valence-electron chi connectivity index (χ2n) is 8.13. The van der Waals surface area contributed by atoms with Crippen LogP contribution in [0.25, 0.3) is 0 Å². The summed E-state index contributed by atoms with van der Waals surface area (Å²) < 4.78 is 8.00. The van der Waals surface area contributed by atoms with E-state index in [2.05, 4.69) is 41.5 Å². The van der Waals surface area contributed by atoms with Crippen LogP contribution in [0.1, 0.15) is 47.8 Å². The number of anilines is 1. The number of nitrogens with zero attached hydrogens (tertiary/aromatic N) is 3. The summed E-state index contributed by atoms with van der Waals surface area (Å²) in [4.78, 5) is 12.4. The van der Waals surface area contributed by atoms with E-state index < -0.39 is 0 Å². The highest BCUT2D eigenvalue weighted by Crippen LogP contribution is 2.31. The van der Waals surface area contributed by atoms with Crippen molar-refractivity contribution in [2.75, 3.05) is 11.1 Å². The Morgan fingerprint density at radius 3 is 2.81 bits per heavy atom. The first kappa shape index (κ1) is 22.4. The van der Waals surface area contributed by atoms with Gasteiger partial charge in [0.1, 0.15) is 12.4 Å². The van der Waals surface area contributed by atoms with E-state index in [-0.39, 0.29) is 11.7 Å². The highest BCUT2D eigenvalue weighted by molar-refractivity contribution is 7.99. The first-order valence-electron chi connectivity index (χ1n) is 11.2. The first-order chi connectivity index (χ1) is 15.6. The molecule has 0 spiro atoms. The lowest BCUT2D eigenvalue weighted by Crippen LogP contribution is -2.15. The molecular weight excluding hydrogens is 420 g/mol. The second-order valence-corrected chi connectivity index (χ2v) is 9.07. The number of amides is 1. The zero-order chi connectivity index (χ0) is 22.5. The molecule has 32 heavy (non-hydrogen) atoms. The molecule has 1 amide bonds. The Balaban J connectivity index is 1.34. The minimum atomic E-state index is -0.0543. The number of para-hydroxylation sites is 1. The van der Waals surface area contributed by atoms with Crippen molar-refractivity contribution < 1.29 is 9.53 Å². The summed E-state index contributed by atoms with van der Waals surface area (Å²) in [6, 6.07) is 12.1. The minimum Gasteiger partial charge on any atom is -0.485 e. The number of ether oxygens (including phenoxy) is 1. The van der Waals surface area contributed by atoms with Crippen LogP contribution >= 0.6 is 11.8 Å². The summed E-state index contributed by atoms with van der Waals surface area (Å²) in [5.41, 5.74) is 6.13. The summed E-state index contributed by atoms with van der Waals surface area (Å²) in [6.07, 6.45) is 5.69. The van der Waals surface area contributed by atoms with E-state index in [0.29, 0.717) is 11.8 Å². The van der Waals surface area contributed by atoms with Crippen LogP contribution in [0.3, 0.4) is 0 Å². The number of aryl methyl sites for hydroxylation is 2. The standard InChI is InChI=1S/C25H30N4O2S/c1-4-18-9-6-8-12-21(18)26-24(30)16-32-25-28-27-23(29(25)3)15-31-22-14-13-19-10-5-7-11-20(19)17(22)2/h6,8-9,12-14H,4-5,7,10-11,15-16H2,1-3H3,(H,26,30). The van der Waals surface area contributed by atoms with E-state index in [1.165, 1.54) is 41.3 Å². The van der Waals surface area contributed by atoms with Crippen LogP contribution in [0.4, 0.5) is 5.69 Å². The van der Waals surface area contributed by atoms with E-state index in [9.17, 15) is 4.79 Å². The average molecular weight is 451 g/mol. The van der Waals surface area contributed by atoms with Crippen LogP contribution in [0.15, 0.2) is 41.6 Å². The molecule has 0 radical (unpaired) electrons. The molecule has 2 aromatic carbocycles. The molecule has 0 unspecified atom stereocenters. The molecule has 1 N–H and O–H groups in total. The van der Waals surface area contributed by atoms with Crippen molar-refractivity contribution in [3.05, 3.63) is 64.5 Å². The Hall–Kier alpha value is -2.80. The molecule has 4 rings (SSSR count). The van der Waals surface area contributed by atoms with Gasteiger partial charge in [-0.15, -0.1) is 10.2 Å². The zero-order valence-corrected chi connectivity index (χ0v) is 19.8. The normalized spacial score (nSPS) is 13.0. The van der Waals surface area contributed by atoms with Crippen molar-refractivity contribution in [3.8, 4) is 5.75 Å². The largest absolute Gasteiger partial charge is 0.485 e. The summed E-state index contributed by atoms with van der Waals surface area (Å²) in [5.74, 6) is 1.87. The van der Waals surface area contributed by atoms with Gasteiger partial charge in [0, 0.05) is 12.7 Å². The van der Waals surface area contributed by atoms with Crippen molar-refractivity contribution in [2.24, 2.45) is 7.05 Å². The molecule has 3 aromatic rings. The van der Waals surface area contributed by atoms with Crippen molar-refractivity contribution >= 4 is 23.4 Å². The van der Waals surface area contributed by atoms with Crippen LogP contribution in [0.2, 0.25) is 0 Å². The zero-order valence-electron chi connectivity index (χ0n) is 19.0. The van der Waals surface area contributed by atoms with Crippen molar-refractivity contribution in [1.29, 1.82) is 0 Å². The van der Waals surface area contributed by atoms with Crippen LogP contribution in [0.5, 0.6) is 5.75 Å². The molecule has 0 saturated carbocycles. The topological polar surface area (TPSA) is 69.0 Å². The van der Waals surface area contributed by atoms with Crippen LogP contribution in [-0.4, -0.2) is 26.4 Å². The smallest absolute Gasteiger partial charge is 0.234 e. The maximum Gasteiger partial charge on any atom is 0.234 e. The fourth-order valence-corrected chi connectivity index (χ4v) is 4.88. The molecule has 0 bridgehead atoms. The summed E-state index contributed by atoms with van der Waals surface area (Å²) in [5, 5.41) is 12.2. The molecule has 0 fully saturated rings. The van der Waals surface area contributed by atoms with E-state index in [1.54, 1.807) is 0 Å². The molecule has 1 heterocycles. The van der Waals surface area contributed by atoms with Gasteiger partial charge in [-0.3, -0.25) is 4.79 Å². The molecule has 0 atom stereocenters. The Morgan fingerprint density at radius 2 is 1.97 bits per heavy atom. The van der Waals surface area contributed by atoms with Crippen LogP contribution in [-0.2, 0) is 37.7 Å². The van der Waals surface area contributed by atoms with E-state index in [1.807, 2.05) is 35.9 Å². The maximum atomic E-state index is 12.4. The van der Waals surface area contributed by atoms with Gasteiger partial charge in [-0.1, -0.05) is 43.0 Å². The highest BCUT2D eigenvalue weighted by atomic mass is 32.2. The lowest BCUT2D eigenvalue weighted by molar-refractivity contribution is -0.113. The predicted molar refractivity (Wildman–Crippen MR) is 128 cm³/mol. The number of carbonyl (C=O) groups is 1. The lowest BCUT2D eigenvalue weighted by Gasteiger charge is -2.20. The molecule has 1 aromatic heterocycles. The summed E-state index contributed by atoms with van der Waals surface area (Å²) in [6.45, 7) is 4.57. The highest BCUT2D eigenvalue weighted by Gasteiger charge is 2.16. The van der Waals surface area contributed by atoms with Crippen molar-refractivity contribution in [2.45, 2.75) is 57.7 Å². The fourth-order valence-electron chi connectivity index (χ4n) is 4.15. The molecule has 7 heteroatoms. The molecule has 1 aliphatic carbocycles. The van der Waals surface area contributed by atoms with E-state index in [4.69, 9.17) is 4.74 Å². The summed E-state index contributed by atoms with van der Waals surface area (Å²) >= 11 is 1.37. The number of rotatable bonds is 8. The van der Waals surface area contributed by atoms with Gasteiger partial charge in [-0.05, 0) is 73.4 Å². The molecular formula is C25H30N4O2S. The van der Waals surface area contributed by atoms with Gasteiger partial charge < -0.3 is 14.6 Å². The van der Waals surface area contributed by atoms with Crippen LogP contribution in [0, 0.1) is 6.92 Å². The first-order valence-corrected chi connectivity index (χ1v) is 12.2. The van der Waals surface area contributed by atoms with Gasteiger partial charge >= 0.3 is 0 Å². The number of thioether (sulfide) groups is 1. The van der Waals surface area contributed by atoms with Gasteiger partial charge in [0.05, 0.1) is 5.75 Å². The van der Waals surface area contributed by atoms with Crippen LogP contribution < -0.4 is 10.1 Å². The van der Waals surface area contributed by atoms with Crippen molar-refractivity contribution in [3.63, 3.8) is 0 Å². The molecule has 6 nitrogen and oxygen atoms in total. The van der Waals surface area contributed by atoms with Gasteiger partial charge in [0.25, 0.3) is 0 Å². The Kier molecular flexibility index (Phi) is 7.15. The van der Waals surface area contributed by atoms with Gasteiger partial charge in [-0.25, -0.2) is 0 Å². The average Bonchev–Trinajstić information content (AvgIpc) is 3.17. The third-order valence-corrected chi connectivity index (χ3v) is 7.08. The second kappa shape index (κ2) is 10.2. The predicted octanol–water partition coefficient (Wildman–Crippen LogP) is 4.87. The van der Waals surface area contributed by atoms with E-state index in [0.717, 1.165) is 42.1 Å². The molecule has 168 valence electrons. The summed E-state index contributed by atoms with van der Waals surface area (Å²) in [7, 11) is 1.91. The van der Waals surface area contributed by atoms with Gasteiger partial charge in [-0.2, -0.15) is 0 Å². The third kappa shape index (κ3) is 4.99. The Labute approximate surface area is 193 Å². The number of hydrogen-bond donors (Lipinski definition) is 1. The number of carbonyl (C=O) groups excluding carboxylic acids is 1. The SMILES string of the molecule is CCc1ccccc1NC(=O)CSc1nnc(COc2ccc3c(c2C)CCCC3)n1C. The van der Waals surface area contributed by atoms with Gasteiger partial charge in [0.15, 0.2) is 11.0 Å². The van der Waals surface area contributed by atoms with Gasteiger partial charge in [0.2, 0.25) is 5.91 Å². The Morgan fingerprint density at radius 1 is 1.16 bits per heavy atom. The quantitative estimate of drug-likeness (QED) is 0.496. The number of hydrogen-bond acceptors (Lipinski definition) is 5. The molecule has 0 aliphatic heterocycles. The monoisotopic (exact) mass is 450 g/mol. The number of nitrogens with one attached hydrogen (secondary N) is 1. The number of fused-ring (bicyclic) bond motifs is 1. The lowest BCUT2D eigenvalue weighted by atomic mass is 9.88. The number of benzene rings is 2. The fraction of sp³-hybridized carbons (Fsp3) is 0.400. The molecule has 1 aliphatic rings. The Bertz CT molecular complexity index is 1110. The maximum absolute atomic E-state index is 12.4. The molecule has 0 saturated heterocycles. The minimum absolute atomic E-state index is 0.0543. The van der Waals surface area contributed by atoms with E-state index >= 15 is 0 Å². The number of aromatic nitrogens is 3.